The molecule has 0 aliphatic rings. The average molecular weight is 424 g/mol. The molecule has 0 radical (unpaired) electrons. The molecule has 0 N–H and O–H groups in total. The van der Waals surface area contributed by atoms with Crippen molar-refractivity contribution >= 4 is 12.0 Å². The van der Waals surface area contributed by atoms with Gasteiger partial charge in [-0.25, -0.2) is 0 Å². The van der Waals surface area contributed by atoms with E-state index in [1.54, 1.807) is 13.2 Å². The predicted octanol–water partition coefficient (Wildman–Crippen LogP) is 7.13. The van der Waals surface area contributed by atoms with Crippen molar-refractivity contribution in [3.05, 3.63) is 54.6 Å². The van der Waals surface area contributed by atoms with Crippen molar-refractivity contribution < 1.29 is 14.3 Å². The van der Waals surface area contributed by atoms with E-state index in [4.69, 9.17) is 9.47 Å². The van der Waals surface area contributed by atoms with Crippen molar-refractivity contribution in [3.63, 3.8) is 0 Å². The number of esters is 1. The molecule has 3 atom stereocenters. The lowest BCUT2D eigenvalue weighted by atomic mass is 9.78. The van der Waals surface area contributed by atoms with E-state index in [9.17, 15) is 10.1 Å². The Morgan fingerprint density at radius 2 is 2.06 bits per heavy atom. The molecule has 0 bridgehead atoms. The van der Waals surface area contributed by atoms with Crippen LogP contribution in [0.4, 0.5) is 0 Å². The third-order valence-electron chi connectivity index (χ3n) is 5.68. The maximum atomic E-state index is 13.1. The van der Waals surface area contributed by atoms with Crippen LogP contribution in [0.2, 0.25) is 0 Å². The molecule has 0 spiro atoms. The van der Waals surface area contributed by atoms with Crippen LogP contribution in [0.25, 0.3) is 6.08 Å². The monoisotopic (exact) mass is 423 g/mol. The van der Waals surface area contributed by atoms with Crippen LogP contribution in [-0.4, -0.2) is 13.1 Å². The van der Waals surface area contributed by atoms with E-state index in [2.05, 4.69) is 25.6 Å². The van der Waals surface area contributed by atoms with E-state index >= 15 is 0 Å². The SMILES string of the molecule is C=CC(C)CCC=CCC(C#N)CC(C)(CC)C(=O)Oc1ccc(C=CC)cc1OC. The highest BCUT2D eigenvalue weighted by Crippen LogP contribution is 2.36. The number of carbonyl (C=O) groups excluding carboxylic acids is 1. The fraction of sp³-hybridized carbons (Fsp3) is 0.481. The van der Waals surface area contributed by atoms with E-state index in [-0.39, 0.29) is 11.9 Å². The molecule has 1 aromatic rings. The van der Waals surface area contributed by atoms with Crippen LogP contribution in [-0.2, 0) is 4.79 Å². The number of hydrogen-bond acceptors (Lipinski definition) is 4. The van der Waals surface area contributed by atoms with Crippen molar-refractivity contribution in [2.24, 2.45) is 17.3 Å². The van der Waals surface area contributed by atoms with Gasteiger partial charge in [0.15, 0.2) is 11.5 Å². The minimum absolute atomic E-state index is 0.246. The first kappa shape index (κ1) is 26.2. The molecule has 0 heterocycles. The summed E-state index contributed by atoms with van der Waals surface area (Å²) < 4.78 is 11.1. The number of nitriles is 1. The minimum atomic E-state index is -0.751. The maximum Gasteiger partial charge on any atom is 0.317 e. The van der Waals surface area contributed by atoms with Gasteiger partial charge in [0.1, 0.15) is 0 Å². The van der Waals surface area contributed by atoms with Gasteiger partial charge in [-0.2, -0.15) is 5.26 Å². The molecule has 1 rings (SSSR count). The molecule has 1 aromatic carbocycles. The highest BCUT2D eigenvalue weighted by molar-refractivity contribution is 5.79. The number of methoxy groups -OCH3 is 1. The first-order valence-electron chi connectivity index (χ1n) is 11.0. The minimum Gasteiger partial charge on any atom is -0.493 e. The topological polar surface area (TPSA) is 59.3 Å². The summed E-state index contributed by atoms with van der Waals surface area (Å²) in [6.45, 7) is 11.7. The van der Waals surface area contributed by atoms with Gasteiger partial charge >= 0.3 is 5.97 Å². The zero-order valence-electron chi connectivity index (χ0n) is 19.7. The van der Waals surface area contributed by atoms with Gasteiger partial charge in [-0.15, -0.1) is 6.58 Å². The number of hydrogen-bond donors (Lipinski definition) is 0. The molecule has 0 aromatic heterocycles. The van der Waals surface area contributed by atoms with Crippen LogP contribution in [0.5, 0.6) is 11.5 Å². The van der Waals surface area contributed by atoms with Gasteiger partial charge in [0, 0.05) is 0 Å². The molecule has 0 aliphatic heterocycles. The van der Waals surface area contributed by atoms with Crippen molar-refractivity contribution in [1.29, 1.82) is 5.26 Å². The second-order valence-corrected chi connectivity index (χ2v) is 8.24. The van der Waals surface area contributed by atoms with Crippen LogP contribution in [0, 0.1) is 28.6 Å². The Hall–Kier alpha value is -2.80. The van der Waals surface area contributed by atoms with Gasteiger partial charge in [-0.3, -0.25) is 4.79 Å². The third-order valence-corrected chi connectivity index (χ3v) is 5.68. The summed E-state index contributed by atoms with van der Waals surface area (Å²) in [4.78, 5) is 13.1. The van der Waals surface area contributed by atoms with Gasteiger partial charge in [0.05, 0.1) is 24.5 Å². The molecule has 0 fully saturated rings. The van der Waals surface area contributed by atoms with Gasteiger partial charge in [0.25, 0.3) is 0 Å². The number of ether oxygens (including phenoxy) is 2. The summed E-state index contributed by atoms with van der Waals surface area (Å²) >= 11 is 0. The molecule has 0 saturated carbocycles. The van der Waals surface area contributed by atoms with Crippen LogP contribution in [0.3, 0.4) is 0 Å². The standard InChI is InChI=1S/C27H37NO3/c1-7-13-22-16-17-24(25(18-22)30-6)31-26(29)27(5,9-3)19-23(20-28)15-12-10-11-14-21(4)8-2/h7-8,10,12-13,16-18,21,23H,2,9,11,14-15,19H2,1,3-6H3. The van der Waals surface area contributed by atoms with Crippen molar-refractivity contribution in [2.75, 3.05) is 7.11 Å². The summed E-state index contributed by atoms with van der Waals surface area (Å²) in [5.74, 6) is 0.806. The van der Waals surface area contributed by atoms with Crippen LogP contribution >= 0.6 is 0 Å². The molecular weight excluding hydrogens is 386 g/mol. The summed E-state index contributed by atoms with van der Waals surface area (Å²) in [6, 6.07) is 7.82. The summed E-state index contributed by atoms with van der Waals surface area (Å²) in [6.07, 6.45) is 13.7. The number of rotatable bonds is 13. The molecule has 168 valence electrons. The molecule has 31 heavy (non-hydrogen) atoms. The molecule has 0 aliphatic carbocycles. The van der Waals surface area contributed by atoms with Gasteiger partial charge < -0.3 is 9.47 Å². The van der Waals surface area contributed by atoms with Crippen molar-refractivity contribution in [3.8, 4) is 17.6 Å². The Labute approximate surface area is 188 Å². The zero-order valence-corrected chi connectivity index (χ0v) is 19.7. The van der Waals surface area contributed by atoms with Crippen molar-refractivity contribution in [1.82, 2.24) is 0 Å². The highest BCUT2D eigenvalue weighted by atomic mass is 16.6. The lowest BCUT2D eigenvalue weighted by molar-refractivity contribution is -0.146. The number of allylic oxidation sites excluding steroid dienone is 4. The van der Waals surface area contributed by atoms with Crippen molar-refractivity contribution in [2.45, 2.75) is 59.8 Å². The Bertz CT molecular complexity index is 818. The first-order chi connectivity index (χ1) is 14.8. The van der Waals surface area contributed by atoms with E-state index in [1.165, 1.54) is 0 Å². The van der Waals surface area contributed by atoms with Gasteiger partial charge in [-0.05, 0) is 69.6 Å². The number of benzene rings is 1. The Morgan fingerprint density at radius 3 is 2.65 bits per heavy atom. The summed E-state index contributed by atoms with van der Waals surface area (Å²) in [5.41, 5.74) is 0.217. The summed E-state index contributed by atoms with van der Waals surface area (Å²) in [7, 11) is 1.55. The quantitative estimate of drug-likeness (QED) is 0.192. The predicted molar refractivity (Wildman–Crippen MR) is 128 cm³/mol. The lowest BCUT2D eigenvalue weighted by Gasteiger charge is -2.28. The number of carbonyl (C=O) groups is 1. The summed E-state index contributed by atoms with van der Waals surface area (Å²) in [5, 5.41) is 9.63. The average Bonchev–Trinajstić information content (AvgIpc) is 2.78. The second kappa shape index (κ2) is 13.5. The Kier molecular flexibility index (Phi) is 11.4. The maximum absolute atomic E-state index is 13.1. The Balaban J connectivity index is 2.82. The molecule has 4 nitrogen and oxygen atoms in total. The smallest absolute Gasteiger partial charge is 0.317 e. The largest absolute Gasteiger partial charge is 0.493 e. The second-order valence-electron chi connectivity index (χ2n) is 8.24. The fourth-order valence-corrected chi connectivity index (χ4v) is 3.24. The van der Waals surface area contributed by atoms with E-state index < -0.39 is 5.41 Å². The normalized spacial score (nSPS) is 15.2. The Morgan fingerprint density at radius 1 is 1.32 bits per heavy atom. The molecule has 0 amide bonds. The van der Waals surface area contributed by atoms with Crippen LogP contribution in [0.15, 0.2) is 49.1 Å². The van der Waals surface area contributed by atoms with Crippen LogP contribution in [0.1, 0.15) is 65.4 Å². The van der Waals surface area contributed by atoms with E-state index in [1.807, 2.05) is 57.2 Å². The molecule has 3 unspecified atom stereocenters. The first-order valence-corrected chi connectivity index (χ1v) is 11.0. The van der Waals surface area contributed by atoms with Crippen LogP contribution < -0.4 is 9.47 Å². The van der Waals surface area contributed by atoms with E-state index in [0.29, 0.717) is 36.7 Å². The molecule has 0 saturated heterocycles. The van der Waals surface area contributed by atoms with Gasteiger partial charge in [0.2, 0.25) is 0 Å². The molecular formula is C27H37NO3. The number of nitrogens with zero attached hydrogens (tertiary/aromatic N) is 1. The zero-order chi connectivity index (χ0) is 23.3. The highest BCUT2D eigenvalue weighted by Gasteiger charge is 2.36. The van der Waals surface area contributed by atoms with E-state index in [0.717, 1.165) is 18.4 Å². The molecule has 4 heteroatoms. The third kappa shape index (κ3) is 8.45. The van der Waals surface area contributed by atoms with Gasteiger partial charge in [-0.1, -0.05) is 50.3 Å². The lowest BCUT2D eigenvalue weighted by Crippen LogP contribution is -2.33. The fourth-order valence-electron chi connectivity index (χ4n) is 3.24.